The molecule has 1 aliphatic rings. The smallest absolute Gasteiger partial charge is 0.243 e. The normalized spacial score (nSPS) is 13.5. The molecule has 2 amide bonds. The number of carbonyl (C=O) groups excluding carboxylic acids is 2. The van der Waals surface area contributed by atoms with E-state index in [1.54, 1.807) is 0 Å². The van der Waals surface area contributed by atoms with Gasteiger partial charge in [0.15, 0.2) is 0 Å². The molecule has 128 valence electrons. The molecule has 2 aromatic rings. The van der Waals surface area contributed by atoms with E-state index < -0.39 is 0 Å². The van der Waals surface area contributed by atoms with Crippen LogP contribution in [0, 0.1) is 3.57 Å². The molecule has 25 heavy (non-hydrogen) atoms. The summed E-state index contributed by atoms with van der Waals surface area (Å²) in [6, 6.07) is 17.4. The van der Waals surface area contributed by atoms with Crippen LogP contribution in [0.25, 0.3) is 0 Å². The van der Waals surface area contributed by atoms with Gasteiger partial charge in [-0.25, -0.2) is 5.01 Å². The quantitative estimate of drug-likeness (QED) is 0.712. The Morgan fingerprint density at radius 2 is 1.88 bits per heavy atom. The van der Waals surface area contributed by atoms with Gasteiger partial charge in [0.2, 0.25) is 11.8 Å². The van der Waals surface area contributed by atoms with Gasteiger partial charge in [-0.05, 0) is 46.4 Å². The van der Waals surface area contributed by atoms with Crippen LogP contribution in [0.15, 0.2) is 59.7 Å². The van der Waals surface area contributed by atoms with Crippen LogP contribution in [0.4, 0.5) is 5.69 Å². The lowest BCUT2D eigenvalue weighted by Crippen LogP contribution is -2.25. The summed E-state index contributed by atoms with van der Waals surface area (Å²) < 4.78 is 1.05. The van der Waals surface area contributed by atoms with E-state index in [1.807, 2.05) is 54.6 Å². The predicted octanol–water partition coefficient (Wildman–Crippen LogP) is 3.65. The average Bonchev–Trinajstić information content (AvgIpc) is 3.11. The zero-order valence-corrected chi connectivity index (χ0v) is 15.8. The molecule has 1 heterocycles. The molecule has 0 radical (unpaired) electrons. The molecule has 0 saturated heterocycles. The lowest BCUT2D eigenvalue weighted by Gasteiger charge is -2.11. The number of nitrogens with one attached hydrogen (secondary N) is 1. The van der Waals surface area contributed by atoms with Crippen molar-refractivity contribution in [3.05, 3.63) is 63.7 Å². The van der Waals surface area contributed by atoms with Gasteiger partial charge in [0, 0.05) is 28.5 Å². The van der Waals surface area contributed by atoms with Crippen LogP contribution in [0.3, 0.4) is 0 Å². The Morgan fingerprint density at radius 3 is 2.64 bits per heavy atom. The molecule has 0 aromatic heterocycles. The van der Waals surface area contributed by atoms with E-state index >= 15 is 0 Å². The van der Waals surface area contributed by atoms with Crippen molar-refractivity contribution in [2.24, 2.45) is 5.10 Å². The van der Waals surface area contributed by atoms with Crippen LogP contribution in [-0.4, -0.2) is 29.1 Å². The minimum atomic E-state index is -0.165. The summed E-state index contributed by atoms with van der Waals surface area (Å²) in [5.41, 5.74) is 2.70. The number of amides is 2. The molecule has 0 spiro atoms. The summed E-state index contributed by atoms with van der Waals surface area (Å²) in [7, 11) is 0. The standard InChI is InChI=1S/C19H18IN3O2/c20-15-7-4-8-16(13-15)21-18(24)9-10-19(25)23-12-11-17(22-23)14-5-2-1-3-6-14/h1-8,13H,9-12H2,(H,21,24). The maximum Gasteiger partial charge on any atom is 0.243 e. The number of hydrazone groups is 1. The number of rotatable bonds is 5. The molecule has 0 unspecified atom stereocenters. The minimum Gasteiger partial charge on any atom is -0.326 e. The van der Waals surface area contributed by atoms with Crippen LogP contribution in [0.5, 0.6) is 0 Å². The van der Waals surface area contributed by atoms with Gasteiger partial charge in [-0.1, -0.05) is 36.4 Å². The molecule has 1 N–H and O–H groups in total. The highest BCUT2D eigenvalue weighted by molar-refractivity contribution is 14.1. The first-order valence-electron chi connectivity index (χ1n) is 8.10. The van der Waals surface area contributed by atoms with Crippen molar-refractivity contribution >= 4 is 45.8 Å². The fourth-order valence-electron chi connectivity index (χ4n) is 2.61. The zero-order chi connectivity index (χ0) is 17.6. The van der Waals surface area contributed by atoms with E-state index in [0.29, 0.717) is 6.54 Å². The first-order valence-corrected chi connectivity index (χ1v) is 9.18. The second-order valence-electron chi connectivity index (χ2n) is 5.74. The highest BCUT2D eigenvalue weighted by Crippen LogP contribution is 2.16. The van der Waals surface area contributed by atoms with Gasteiger partial charge in [0.1, 0.15) is 0 Å². The zero-order valence-electron chi connectivity index (χ0n) is 13.6. The van der Waals surface area contributed by atoms with Crippen LogP contribution in [0.2, 0.25) is 0 Å². The third kappa shape index (κ3) is 4.88. The van der Waals surface area contributed by atoms with Gasteiger partial charge >= 0.3 is 0 Å². The summed E-state index contributed by atoms with van der Waals surface area (Å²) >= 11 is 2.19. The number of halogens is 1. The van der Waals surface area contributed by atoms with Crippen molar-refractivity contribution in [1.82, 2.24) is 5.01 Å². The van der Waals surface area contributed by atoms with Crippen LogP contribution in [-0.2, 0) is 9.59 Å². The minimum absolute atomic E-state index is 0.122. The molecule has 0 bridgehead atoms. The van der Waals surface area contributed by atoms with E-state index in [0.717, 1.165) is 27.0 Å². The largest absolute Gasteiger partial charge is 0.326 e. The number of benzene rings is 2. The lowest BCUT2D eigenvalue weighted by molar-refractivity contribution is -0.132. The molecular weight excluding hydrogens is 429 g/mol. The number of hydrogen-bond acceptors (Lipinski definition) is 3. The lowest BCUT2D eigenvalue weighted by atomic mass is 10.1. The van der Waals surface area contributed by atoms with Crippen LogP contribution in [0.1, 0.15) is 24.8 Å². The van der Waals surface area contributed by atoms with Crippen LogP contribution < -0.4 is 5.32 Å². The van der Waals surface area contributed by atoms with E-state index in [9.17, 15) is 9.59 Å². The molecule has 0 saturated carbocycles. The van der Waals surface area contributed by atoms with Crippen LogP contribution >= 0.6 is 22.6 Å². The summed E-state index contributed by atoms with van der Waals surface area (Å²) in [5.74, 6) is -0.287. The van der Waals surface area contributed by atoms with Gasteiger partial charge < -0.3 is 5.32 Å². The molecule has 5 nitrogen and oxygen atoms in total. The Balaban J connectivity index is 1.51. The third-order valence-electron chi connectivity index (χ3n) is 3.87. The van der Waals surface area contributed by atoms with Crippen molar-refractivity contribution in [3.8, 4) is 0 Å². The van der Waals surface area contributed by atoms with Crippen molar-refractivity contribution < 1.29 is 9.59 Å². The Labute approximate surface area is 160 Å². The molecule has 0 fully saturated rings. The summed E-state index contributed by atoms with van der Waals surface area (Å²) in [6.45, 7) is 0.571. The van der Waals surface area contributed by atoms with Gasteiger partial charge in [0.25, 0.3) is 0 Å². The monoisotopic (exact) mass is 447 g/mol. The van der Waals surface area contributed by atoms with Crippen molar-refractivity contribution in [2.45, 2.75) is 19.3 Å². The SMILES string of the molecule is O=C(CCC(=O)N1CCC(c2ccccc2)=N1)Nc1cccc(I)c1. The number of hydrogen-bond donors (Lipinski definition) is 1. The number of nitrogens with zero attached hydrogens (tertiary/aromatic N) is 2. The highest BCUT2D eigenvalue weighted by Gasteiger charge is 2.21. The molecule has 0 aliphatic carbocycles. The molecule has 2 aromatic carbocycles. The van der Waals surface area contributed by atoms with Crippen molar-refractivity contribution in [2.75, 3.05) is 11.9 Å². The maximum absolute atomic E-state index is 12.3. The van der Waals surface area contributed by atoms with Crippen molar-refractivity contribution in [1.29, 1.82) is 0 Å². The average molecular weight is 447 g/mol. The second-order valence-corrected chi connectivity index (χ2v) is 6.98. The van der Waals surface area contributed by atoms with E-state index in [1.165, 1.54) is 5.01 Å². The Morgan fingerprint density at radius 1 is 1.08 bits per heavy atom. The van der Waals surface area contributed by atoms with Crippen molar-refractivity contribution in [3.63, 3.8) is 0 Å². The topological polar surface area (TPSA) is 61.8 Å². The predicted molar refractivity (Wildman–Crippen MR) is 106 cm³/mol. The number of anilines is 1. The molecule has 1 aliphatic heterocycles. The first kappa shape index (κ1) is 17.6. The third-order valence-corrected chi connectivity index (χ3v) is 4.54. The number of carbonyl (C=O) groups is 2. The fourth-order valence-corrected chi connectivity index (χ4v) is 3.15. The van der Waals surface area contributed by atoms with Gasteiger partial charge in [-0.2, -0.15) is 5.10 Å². The van der Waals surface area contributed by atoms with Gasteiger partial charge in [0.05, 0.1) is 12.3 Å². The summed E-state index contributed by atoms with van der Waals surface area (Å²) in [6.07, 6.45) is 1.04. The summed E-state index contributed by atoms with van der Waals surface area (Å²) in [4.78, 5) is 24.3. The Kier molecular flexibility index (Phi) is 5.80. The summed E-state index contributed by atoms with van der Waals surface area (Å²) in [5, 5.41) is 8.69. The Bertz CT molecular complexity index is 805. The van der Waals surface area contributed by atoms with E-state index in [4.69, 9.17) is 0 Å². The van der Waals surface area contributed by atoms with E-state index in [-0.39, 0.29) is 24.7 Å². The molecular formula is C19H18IN3O2. The maximum atomic E-state index is 12.3. The second kappa shape index (κ2) is 8.24. The first-order chi connectivity index (χ1) is 12.1. The Hall–Kier alpha value is -2.22. The molecule has 0 atom stereocenters. The fraction of sp³-hybridized carbons (Fsp3) is 0.211. The van der Waals surface area contributed by atoms with Gasteiger partial charge in [-0.15, -0.1) is 0 Å². The molecule has 3 rings (SSSR count). The molecule has 6 heteroatoms. The highest BCUT2D eigenvalue weighted by atomic mass is 127. The van der Waals surface area contributed by atoms with Gasteiger partial charge in [-0.3, -0.25) is 9.59 Å². The van der Waals surface area contributed by atoms with E-state index in [2.05, 4.69) is 33.0 Å².